The normalized spacial score (nSPS) is 23.5. The molecule has 0 aliphatic carbocycles. The van der Waals surface area contributed by atoms with Gasteiger partial charge in [-0.25, -0.2) is 4.98 Å². The van der Waals surface area contributed by atoms with E-state index in [1.807, 2.05) is 18.2 Å². The number of aromatic nitrogens is 2. The van der Waals surface area contributed by atoms with Crippen molar-refractivity contribution in [1.29, 1.82) is 0 Å². The molecule has 2 atom stereocenters. The van der Waals surface area contributed by atoms with Gasteiger partial charge in [-0.1, -0.05) is 6.07 Å². The summed E-state index contributed by atoms with van der Waals surface area (Å²) in [5.41, 5.74) is 7.34. The first kappa shape index (κ1) is 14.2. The van der Waals surface area contributed by atoms with E-state index in [0.717, 1.165) is 31.7 Å². The zero-order valence-corrected chi connectivity index (χ0v) is 12.4. The Balaban J connectivity index is 1.85. The second-order valence-corrected chi connectivity index (χ2v) is 5.97. The lowest BCUT2D eigenvalue weighted by Gasteiger charge is -2.37. The number of hydrogen-bond acceptors (Lipinski definition) is 4. The van der Waals surface area contributed by atoms with Crippen molar-refractivity contribution in [2.45, 2.75) is 32.4 Å². The van der Waals surface area contributed by atoms with Crippen LogP contribution in [0.25, 0.3) is 5.65 Å². The molecule has 1 saturated heterocycles. The van der Waals surface area contributed by atoms with Gasteiger partial charge in [0.05, 0.1) is 5.69 Å². The molecule has 112 valence electrons. The summed E-state index contributed by atoms with van der Waals surface area (Å²) in [5.74, 6) is 0.558. The van der Waals surface area contributed by atoms with Crippen LogP contribution >= 0.6 is 0 Å². The van der Waals surface area contributed by atoms with Crippen LogP contribution in [-0.4, -0.2) is 33.4 Å². The summed E-state index contributed by atoms with van der Waals surface area (Å²) >= 11 is 0. The van der Waals surface area contributed by atoms with Gasteiger partial charge < -0.3 is 5.73 Å². The van der Waals surface area contributed by atoms with Crippen LogP contribution in [0.2, 0.25) is 0 Å². The SMILES string of the molecule is CC1CCC(CN)CN1Cc1cc(=O)n2ccccc2n1. The predicted octanol–water partition coefficient (Wildman–Crippen LogP) is 1.25. The molecule has 2 aromatic rings. The number of hydrogen-bond donors (Lipinski definition) is 1. The Morgan fingerprint density at radius 3 is 3.05 bits per heavy atom. The molecule has 0 bridgehead atoms. The van der Waals surface area contributed by atoms with Gasteiger partial charge in [0.1, 0.15) is 5.65 Å². The lowest BCUT2D eigenvalue weighted by atomic mass is 9.93. The number of piperidine rings is 1. The summed E-state index contributed by atoms with van der Waals surface area (Å²) in [6.45, 7) is 4.68. The van der Waals surface area contributed by atoms with Crippen molar-refractivity contribution in [3.63, 3.8) is 0 Å². The van der Waals surface area contributed by atoms with E-state index in [2.05, 4.69) is 16.8 Å². The average Bonchev–Trinajstić information content (AvgIpc) is 2.49. The van der Waals surface area contributed by atoms with E-state index >= 15 is 0 Å². The molecule has 0 spiro atoms. The fourth-order valence-electron chi connectivity index (χ4n) is 3.07. The molecule has 1 aliphatic heterocycles. The van der Waals surface area contributed by atoms with E-state index in [9.17, 15) is 4.79 Å². The van der Waals surface area contributed by atoms with Gasteiger partial charge in [0.15, 0.2) is 0 Å². The molecule has 5 nitrogen and oxygen atoms in total. The van der Waals surface area contributed by atoms with Crippen molar-refractivity contribution >= 4 is 5.65 Å². The first-order chi connectivity index (χ1) is 10.2. The largest absolute Gasteiger partial charge is 0.330 e. The smallest absolute Gasteiger partial charge is 0.258 e. The van der Waals surface area contributed by atoms with Crippen LogP contribution in [0, 0.1) is 5.92 Å². The van der Waals surface area contributed by atoms with Gasteiger partial charge in [-0.3, -0.25) is 14.1 Å². The summed E-state index contributed by atoms with van der Waals surface area (Å²) in [7, 11) is 0. The van der Waals surface area contributed by atoms with Crippen molar-refractivity contribution in [1.82, 2.24) is 14.3 Å². The maximum atomic E-state index is 12.1. The van der Waals surface area contributed by atoms with E-state index in [1.54, 1.807) is 16.7 Å². The Morgan fingerprint density at radius 2 is 2.24 bits per heavy atom. The van der Waals surface area contributed by atoms with Crippen LogP contribution in [0.1, 0.15) is 25.5 Å². The highest BCUT2D eigenvalue weighted by Crippen LogP contribution is 2.22. The highest BCUT2D eigenvalue weighted by molar-refractivity contribution is 5.37. The van der Waals surface area contributed by atoms with Gasteiger partial charge in [-0.2, -0.15) is 0 Å². The third kappa shape index (κ3) is 2.99. The number of pyridine rings is 1. The highest BCUT2D eigenvalue weighted by atomic mass is 16.1. The molecule has 0 aromatic carbocycles. The molecule has 0 amide bonds. The predicted molar refractivity (Wildman–Crippen MR) is 83.1 cm³/mol. The Bertz CT molecular complexity index is 681. The summed E-state index contributed by atoms with van der Waals surface area (Å²) < 4.78 is 1.58. The molecule has 2 N–H and O–H groups in total. The third-order valence-corrected chi connectivity index (χ3v) is 4.43. The minimum Gasteiger partial charge on any atom is -0.330 e. The molecule has 21 heavy (non-hydrogen) atoms. The summed E-state index contributed by atoms with van der Waals surface area (Å²) in [6.07, 6.45) is 4.11. The van der Waals surface area contributed by atoms with Crippen LogP contribution in [0.5, 0.6) is 0 Å². The fraction of sp³-hybridized carbons (Fsp3) is 0.500. The lowest BCUT2D eigenvalue weighted by molar-refractivity contribution is 0.112. The van der Waals surface area contributed by atoms with Crippen molar-refractivity contribution in [2.75, 3.05) is 13.1 Å². The molecule has 1 aliphatic rings. The second kappa shape index (κ2) is 5.95. The maximum Gasteiger partial charge on any atom is 0.258 e. The van der Waals surface area contributed by atoms with Crippen LogP contribution in [-0.2, 0) is 6.54 Å². The Morgan fingerprint density at radius 1 is 1.38 bits per heavy atom. The maximum absolute atomic E-state index is 12.1. The van der Waals surface area contributed by atoms with E-state index in [1.165, 1.54) is 6.42 Å². The molecule has 3 rings (SSSR count). The Hall–Kier alpha value is -1.72. The molecule has 0 saturated carbocycles. The van der Waals surface area contributed by atoms with Gasteiger partial charge in [0.2, 0.25) is 0 Å². The molecule has 1 fully saturated rings. The molecular weight excluding hydrogens is 264 g/mol. The van der Waals surface area contributed by atoms with E-state index in [4.69, 9.17) is 5.73 Å². The van der Waals surface area contributed by atoms with Gasteiger partial charge in [-0.05, 0) is 44.4 Å². The van der Waals surface area contributed by atoms with E-state index in [-0.39, 0.29) is 5.56 Å². The minimum absolute atomic E-state index is 0.0179. The van der Waals surface area contributed by atoms with Crippen molar-refractivity contribution < 1.29 is 0 Å². The zero-order valence-electron chi connectivity index (χ0n) is 12.4. The van der Waals surface area contributed by atoms with Crippen LogP contribution in [0.3, 0.4) is 0 Å². The summed E-state index contributed by atoms with van der Waals surface area (Å²) in [5, 5.41) is 0. The Kier molecular flexibility index (Phi) is 4.03. The first-order valence-electron chi connectivity index (χ1n) is 7.59. The molecule has 2 unspecified atom stereocenters. The molecule has 5 heteroatoms. The second-order valence-electron chi connectivity index (χ2n) is 5.97. The zero-order chi connectivity index (χ0) is 14.8. The third-order valence-electron chi connectivity index (χ3n) is 4.43. The molecule has 3 heterocycles. The minimum atomic E-state index is -0.0179. The highest BCUT2D eigenvalue weighted by Gasteiger charge is 2.25. The first-order valence-corrected chi connectivity index (χ1v) is 7.59. The van der Waals surface area contributed by atoms with Gasteiger partial charge in [0.25, 0.3) is 5.56 Å². The number of nitrogens with zero attached hydrogens (tertiary/aromatic N) is 3. The lowest BCUT2D eigenvalue weighted by Crippen LogP contribution is -2.43. The fourth-order valence-corrected chi connectivity index (χ4v) is 3.07. The van der Waals surface area contributed by atoms with E-state index in [0.29, 0.717) is 17.6 Å². The van der Waals surface area contributed by atoms with Crippen LogP contribution in [0.15, 0.2) is 35.3 Å². The van der Waals surface area contributed by atoms with Crippen molar-refractivity contribution in [3.05, 3.63) is 46.5 Å². The number of nitrogens with two attached hydrogens (primary N) is 1. The standard InChI is InChI=1S/C16H22N4O/c1-12-5-6-13(9-17)10-19(12)11-14-8-16(21)20-7-3-2-4-15(20)18-14/h2-4,7-8,12-13H,5-6,9-11,17H2,1H3. The summed E-state index contributed by atoms with van der Waals surface area (Å²) in [4.78, 5) is 19.1. The number of fused-ring (bicyclic) bond motifs is 1. The van der Waals surface area contributed by atoms with Crippen LogP contribution < -0.4 is 11.3 Å². The number of likely N-dealkylation sites (tertiary alicyclic amines) is 1. The molecular formula is C16H22N4O. The monoisotopic (exact) mass is 286 g/mol. The number of rotatable bonds is 3. The quantitative estimate of drug-likeness (QED) is 0.922. The topological polar surface area (TPSA) is 63.6 Å². The van der Waals surface area contributed by atoms with Gasteiger partial charge in [0, 0.05) is 31.4 Å². The van der Waals surface area contributed by atoms with Gasteiger partial charge in [-0.15, -0.1) is 0 Å². The van der Waals surface area contributed by atoms with Crippen molar-refractivity contribution in [2.24, 2.45) is 11.7 Å². The Labute approximate surface area is 124 Å². The average molecular weight is 286 g/mol. The van der Waals surface area contributed by atoms with Crippen molar-refractivity contribution in [3.8, 4) is 0 Å². The van der Waals surface area contributed by atoms with Crippen LogP contribution in [0.4, 0.5) is 0 Å². The van der Waals surface area contributed by atoms with Gasteiger partial charge >= 0.3 is 0 Å². The van der Waals surface area contributed by atoms with E-state index < -0.39 is 0 Å². The molecule has 0 radical (unpaired) electrons. The molecule has 2 aromatic heterocycles. The summed E-state index contributed by atoms with van der Waals surface area (Å²) in [6, 6.07) is 7.77.